The number of H-pyrrole nitrogens is 2. The van der Waals surface area contributed by atoms with Crippen molar-refractivity contribution in [3.05, 3.63) is 58.5 Å². The van der Waals surface area contributed by atoms with Crippen LogP contribution in [0, 0.1) is 0 Å². The van der Waals surface area contributed by atoms with Crippen molar-refractivity contribution < 1.29 is 4.79 Å². The highest BCUT2D eigenvalue weighted by Gasteiger charge is 2.06. The Bertz CT molecular complexity index is 846. The first-order chi connectivity index (χ1) is 10.1. The molecule has 3 rings (SSSR count). The number of carbonyl (C=O) groups is 1. The minimum absolute atomic E-state index is 0.128. The van der Waals surface area contributed by atoms with Gasteiger partial charge in [-0.15, -0.1) is 0 Å². The smallest absolute Gasteiger partial charge is 0.323 e. The third-order valence-electron chi connectivity index (χ3n) is 3.14. The number of nitrogen functional groups attached to an aromatic ring is 1. The molecule has 1 heterocycles. The molecule has 1 aromatic heterocycles. The molecule has 0 saturated heterocycles. The van der Waals surface area contributed by atoms with E-state index in [-0.39, 0.29) is 18.0 Å². The molecular formula is C15H14N4O2. The normalized spacial score (nSPS) is 10.7. The van der Waals surface area contributed by atoms with Crippen LogP contribution < -0.4 is 16.7 Å². The number of anilines is 2. The van der Waals surface area contributed by atoms with Gasteiger partial charge in [-0.2, -0.15) is 0 Å². The Morgan fingerprint density at radius 2 is 1.76 bits per heavy atom. The van der Waals surface area contributed by atoms with Crippen LogP contribution in [0.1, 0.15) is 5.56 Å². The maximum atomic E-state index is 12.0. The minimum Gasteiger partial charge on any atom is -0.399 e. The second kappa shape index (κ2) is 5.16. The standard InChI is InChI=1S/C15H14N4O2/c16-10-3-1-9(2-4-10)7-14(20)17-11-5-6-12-13(8-11)19-15(21)18-12/h1-6,8H,7,16H2,(H,17,20)(H2,18,19,21). The molecule has 0 saturated carbocycles. The number of carbonyl (C=O) groups excluding carboxylic acids is 1. The van der Waals surface area contributed by atoms with E-state index in [9.17, 15) is 9.59 Å². The van der Waals surface area contributed by atoms with Crippen molar-refractivity contribution in [2.45, 2.75) is 6.42 Å². The Balaban J connectivity index is 1.73. The van der Waals surface area contributed by atoms with Crippen LogP contribution in [0.15, 0.2) is 47.3 Å². The van der Waals surface area contributed by atoms with Crippen molar-refractivity contribution in [3.63, 3.8) is 0 Å². The number of aromatic amines is 2. The number of nitrogens with one attached hydrogen (secondary N) is 3. The second-order valence-corrected chi connectivity index (χ2v) is 4.81. The molecule has 0 aliphatic rings. The van der Waals surface area contributed by atoms with Crippen LogP contribution in [0.25, 0.3) is 11.0 Å². The molecule has 5 N–H and O–H groups in total. The lowest BCUT2D eigenvalue weighted by Gasteiger charge is -2.05. The Hall–Kier alpha value is -3.02. The second-order valence-electron chi connectivity index (χ2n) is 4.81. The van der Waals surface area contributed by atoms with Crippen molar-refractivity contribution in [1.29, 1.82) is 0 Å². The SMILES string of the molecule is Nc1ccc(CC(=O)Nc2ccc3[nH]c(=O)[nH]c3c2)cc1. The van der Waals surface area contributed by atoms with Gasteiger partial charge in [-0.1, -0.05) is 12.1 Å². The van der Waals surface area contributed by atoms with Gasteiger partial charge in [0, 0.05) is 11.4 Å². The highest BCUT2D eigenvalue weighted by molar-refractivity contribution is 5.94. The fourth-order valence-electron chi connectivity index (χ4n) is 2.14. The summed E-state index contributed by atoms with van der Waals surface area (Å²) < 4.78 is 0. The Morgan fingerprint density at radius 3 is 2.52 bits per heavy atom. The Morgan fingerprint density at radius 1 is 1.05 bits per heavy atom. The molecule has 0 aliphatic heterocycles. The summed E-state index contributed by atoms with van der Waals surface area (Å²) in [6.07, 6.45) is 0.266. The summed E-state index contributed by atoms with van der Waals surface area (Å²) in [6.45, 7) is 0. The largest absolute Gasteiger partial charge is 0.399 e. The van der Waals surface area contributed by atoms with E-state index in [0.717, 1.165) is 5.56 Å². The number of amides is 1. The van der Waals surface area contributed by atoms with Gasteiger partial charge in [-0.05, 0) is 35.9 Å². The number of hydrogen-bond donors (Lipinski definition) is 4. The molecule has 0 spiro atoms. The summed E-state index contributed by atoms with van der Waals surface area (Å²) >= 11 is 0. The molecule has 0 unspecified atom stereocenters. The summed E-state index contributed by atoms with van der Waals surface area (Å²) in [5.41, 5.74) is 8.89. The maximum Gasteiger partial charge on any atom is 0.323 e. The van der Waals surface area contributed by atoms with Crippen LogP contribution in [0.4, 0.5) is 11.4 Å². The van der Waals surface area contributed by atoms with Crippen LogP contribution in [0.5, 0.6) is 0 Å². The lowest BCUT2D eigenvalue weighted by atomic mass is 10.1. The molecule has 6 heteroatoms. The number of hydrogen-bond acceptors (Lipinski definition) is 3. The summed E-state index contributed by atoms with van der Waals surface area (Å²) in [5.74, 6) is -0.128. The van der Waals surface area contributed by atoms with Crippen LogP contribution in [-0.4, -0.2) is 15.9 Å². The number of benzene rings is 2. The van der Waals surface area contributed by atoms with Crippen molar-refractivity contribution in [2.75, 3.05) is 11.1 Å². The maximum absolute atomic E-state index is 12.0. The van der Waals surface area contributed by atoms with Gasteiger partial charge >= 0.3 is 5.69 Å². The van der Waals surface area contributed by atoms with Crippen molar-refractivity contribution in [2.24, 2.45) is 0 Å². The molecule has 21 heavy (non-hydrogen) atoms. The van der Waals surface area contributed by atoms with Crippen molar-refractivity contribution >= 4 is 28.3 Å². The van der Waals surface area contributed by atoms with E-state index in [1.807, 2.05) is 12.1 Å². The van der Waals surface area contributed by atoms with Crippen molar-refractivity contribution in [1.82, 2.24) is 9.97 Å². The third-order valence-corrected chi connectivity index (χ3v) is 3.14. The van der Waals surface area contributed by atoms with E-state index in [1.54, 1.807) is 30.3 Å². The van der Waals surface area contributed by atoms with Gasteiger partial charge in [-0.3, -0.25) is 4.79 Å². The molecule has 0 bridgehead atoms. The average molecular weight is 282 g/mol. The van der Waals surface area contributed by atoms with Crippen LogP contribution in [-0.2, 0) is 11.2 Å². The first-order valence-corrected chi connectivity index (χ1v) is 6.46. The predicted molar refractivity (Wildman–Crippen MR) is 82.1 cm³/mol. The van der Waals surface area contributed by atoms with E-state index in [4.69, 9.17) is 5.73 Å². The molecule has 1 amide bonds. The van der Waals surface area contributed by atoms with Crippen LogP contribution in [0.3, 0.4) is 0 Å². The van der Waals surface area contributed by atoms with Gasteiger partial charge in [0.25, 0.3) is 0 Å². The fraction of sp³-hybridized carbons (Fsp3) is 0.0667. The molecule has 2 aromatic carbocycles. The number of nitrogens with two attached hydrogens (primary N) is 1. The van der Waals surface area contributed by atoms with Gasteiger partial charge < -0.3 is 21.0 Å². The summed E-state index contributed by atoms with van der Waals surface area (Å²) in [5, 5.41) is 2.80. The quantitative estimate of drug-likeness (QED) is 0.549. The summed E-state index contributed by atoms with van der Waals surface area (Å²) in [7, 11) is 0. The number of aromatic nitrogens is 2. The van der Waals surface area contributed by atoms with E-state index in [0.29, 0.717) is 22.4 Å². The van der Waals surface area contributed by atoms with Crippen LogP contribution >= 0.6 is 0 Å². The minimum atomic E-state index is -0.268. The predicted octanol–water partition coefficient (Wildman–Crippen LogP) is 1.62. The molecule has 0 atom stereocenters. The zero-order valence-corrected chi connectivity index (χ0v) is 11.1. The third kappa shape index (κ3) is 2.94. The monoisotopic (exact) mass is 282 g/mol. The number of rotatable bonds is 3. The number of fused-ring (bicyclic) bond motifs is 1. The van der Waals surface area contributed by atoms with Gasteiger partial charge in [0.1, 0.15) is 0 Å². The first-order valence-electron chi connectivity index (χ1n) is 6.46. The van der Waals surface area contributed by atoms with Gasteiger partial charge in [0.2, 0.25) is 5.91 Å². The topological polar surface area (TPSA) is 104 Å². The summed E-state index contributed by atoms with van der Waals surface area (Å²) in [4.78, 5) is 28.5. The highest BCUT2D eigenvalue weighted by atomic mass is 16.1. The zero-order valence-electron chi connectivity index (χ0n) is 11.1. The van der Waals surface area contributed by atoms with Gasteiger partial charge in [0.15, 0.2) is 0 Å². The Kier molecular flexibility index (Phi) is 3.19. The van der Waals surface area contributed by atoms with Gasteiger partial charge in [0.05, 0.1) is 17.5 Å². The van der Waals surface area contributed by atoms with Gasteiger partial charge in [-0.25, -0.2) is 4.79 Å². The first kappa shape index (κ1) is 13.0. The fourth-order valence-corrected chi connectivity index (χ4v) is 2.14. The van der Waals surface area contributed by atoms with Crippen molar-refractivity contribution in [3.8, 4) is 0 Å². The molecule has 106 valence electrons. The summed E-state index contributed by atoms with van der Waals surface area (Å²) in [6, 6.07) is 12.4. The molecule has 0 radical (unpaired) electrons. The lowest BCUT2D eigenvalue weighted by molar-refractivity contribution is -0.115. The van der Waals surface area contributed by atoms with E-state index >= 15 is 0 Å². The molecule has 3 aromatic rings. The average Bonchev–Trinajstić information content (AvgIpc) is 2.80. The van der Waals surface area contributed by atoms with E-state index < -0.39 is 0 Å². The number of imidazole rings is 1. The molecular weight excluding hydrogens is 268 g/mol. The molecule has 0 aliphatic carbocycles. The Labute approximate surface area is 120 Å². The zero-order chi connectivity index (χ0) is 14.8. The van der Waals surface area contributed by atoms with Crippen LogP contribution in [0.2, 0.25) is 0 Å². The van der Waals surface area contributed by atoms with E-state index in [1.165, 1.54) is 0 Å². The van der Waals surface area contributed by atoms with E-state index in [2.05, 4.69) is 15.3 Å². The lowest BCUT2D eigenvalue weighted by Crippen LogP contribution is -2.14. The highest BCUT2D eigenvalue weighted by Crippen LogP contribution is 2.15. The molecule has 0 fully saturated rings. The molecule has 6 nitrogen and oxygen atoms in total.